The maximum absolute atomic E-state index is 11.1. The number of nitro groups is 1. The first kappa shape index (κ1) is 11.8. The van der Waals surface area contributed by atoms with Gasteiger partial charge >= 0.3 is 5.69 Å². The Morgan fingerprint density at radius 2 is 2.24 bits per heavy atom. The topological polar surface area (TPSA) is 82.2 Å². The van der Waals surface area contributed by atoms with Crippen LogP contribution < -0.4 is 10.1 Å². The minimum Gasteiger partial charge on any atom is -0.467 e. The van der Waals surface area contributed by atoms with Crippen molar-refractivity contribution in [2.75, 3.05) is 13.1 Å². The Morgan fingerprint density at radius 1 is 1.59 bits per heavy atom. The average molecular weight is 240 g/mol. The molecule has 0 aromatic carbocycles. The summed E-state index contributed by atoms with van der Waals surface area (Å²) in [5, 5.41) is 18.3. The van der Waals surface area contributed by atoms with Gasteiger partial charge in [-0.2, -0.15) is 5.10 Å². The molecule has 1 aliphatic heterocycles. The number of aromatic nitrogens is 2. The van der Waals surface area contributed by atoms with E-state index in [0.717, 1.165) is 13.1 Å². The number of nitrogens with zero attached hydrogens (tertiary/aromatic N) is 3. The van der Waals surface area contributed by atoms with Gasteiger partial charge in [0.2, 0.25) is 0 Å². The number of hydrogen-bond donors (Lipinski definition) is 1. The van der Waals surface area contributed by atoms with Crippen molar-refractivity contribution < 1.29 is 9.66 Å². The van der Waals surface area contributed by atoms with Crippen LogP contribution in [-0.2, 0) is 7.05 Å². The molecule has 2 heterocycles. The monoisotopic (exact) mass is 240 g/mol. The lowest BCUT2D eigenvalue weighted by atomic mass is 10.1. The van der Waals surface area contributed by atoms with E-state index < -0.39 is 4.92 Å². The van der Waals surface area contributed by atoms with Gasteiger partial charge in [0, 0.05) is 26.1 Å². The van der Waals surface area contributed by atoms with E-state index >= 15 is 0 Å². The molecule has 1 aliphatic rings. The highest BCUT2D eigenvalue weighted by Crippen LogP contribution is 2.35. The molecule has 0 radical (unpaired) electrons. The van der Waals surface area contributed by atoms with Crippen molar-refractivity contribution in [1.82, 2.24) is 15.1 Å². The van der Waals surface area contributed by atoms with Crippen LogP contribution in [0.25, 0.3) is 0 Å². The lowest BCUT2D eigenvalue weighted by molar-refractivity contribution is -0.387. The van der Waals surface area contributed by atoms with Crippen LogP contribution >= 0.6 is 0 Å². The molecule has 0 unspecified atom stereocenters. The molecule has 17 heavy (non-hydrogen) atoms. The lowest BCUT2D eigenvalue weighted by Crippen LogP contribution is -2.50. The molecular weight excluding hydrogens is 224 g/mol. The van der Waals surface area contributed by atoms with E-state index in [1.54, 1.807) is 7.05 Å². The van der Waals surface area contributed by atoms with E-state index in [0.29, 0.717) is 5.69 Å². The average Bonchev–Trinajstić information content (AvgIpc) is 2.49. The Morgan fingerprint density at radius 3 is 2.65 bits per heavy atom. The fourth-order valence-electron chi connectivity index (χ4n) is 1.71. The Hall–Kier alpha value is -1.63. The van der Waals surface area contributed by atoms with Crippen molar-refractivity contribution in [1.29, 1.82) is 0 Å². The summed E-state index contributed by atoms with van der Waals surface area (Å²) in [7, 11) is 1.67. The molecule has 1 N–H and O–H groups in total. The van der Waals surface area contributed by atoms with Gasteiger partial charge in [-0.15, -0.1) is 0 Å². The molecule has 7 nitrogen and oxygen atoms in total. The highest BCUT2D eigenvalue weighted by molar-refractivity contribution is 5.47. The maximum atomic E-state index is 11.1. The number of rotatable bonds is 4. The molecule has 7 heteroatoms. The van der Waals surface area contributed by atoms with Crippen LogP contribution in [0, 0.1) is 10.1 Å². The van der Waals surface area contributed by atoms with Gasteiger partial charge in [-0.3, -0.25) is 10.1 Å². The second-order valence-electron chi connectivity index (χ2n) is 4.47. The third kappa shape index (κ3) is 2.10. The van der Waals surface area contributed by atoms with Crippen LogP contribution in [0.3, 0.4) is 0 Å². The predicted molar refractivity (Wildman–Crippen MR) is 61.2 cm³/mol. The van der Waals surface area contributed by atoms with E-state index in [-0.39, 0.29) is 23.6 Å². The van der Waals surface area contributed by atoms with Gasteiger partial charge < -0.3 is 10.1 Å². The second kappa shape index (κ2) is 4.33. The molecule has 0 saturated carbocycles. The van der Waals surface area contributed by atoms with Crippen LogP contribution in [0.5, 0.6) is 5.88 Å². The van der Waals surface area contributed by atoms with Crippen LogP contribution in [0.2, 0.25) is 0 Å². The van der Waals surface area contributed by atoms with Crippen LogP contribution in [0.15, 0.2) is 0 Å². The van der Waals surface area contributed by atoms with Gasteiger partial charge in [-0.25, -0.2) is 4.68 Å². The highest BCUT2D eigenvalue weighted by atomic mass is 16.6. The van der Waals surface area contributed by atoms with E-state index in [1.807, 2.05) is 13.8 Å². The molecule has 0 bridgehead atoms. The molecule has 0 amide bonds. The van der Waals surface area contributed by atoms with Crippen LogP contribution in [-0.4, -0.2) is 33.9 Å². The fraction of sp³-hybridized carbons (Fsp3) is 0.700. The molecule has 0 spiro atoms. The summed E-state index contributed by atoms with van der Waals surface area (Å²) in [5.74, 6) is 0.253. The van der Waals surface area contributed by atoms with Gasteiger partial charge in [0.05, 0.1) is 4.92 Å². The SMILES string of the molecule is CC(C)c1nn(C)c(OC2CNC2)c1[N+](=O)[O-]. The molecule has 1 saturated heterocycles. The Labute approximate surface area is 98.9 Å². The summed E-state index contributed by atoms with van der Waals surface area (Å²) >= 11 is 0. The predicted octanol–water partition coefficient (Wildman–Crippen LogP) is 0.802. The largest absolute Gasteiger partial charge is 0.467 e. The first-order valence-corrected chi connectivity index (χ1v) is 5.59. The smallest absolute Gasteiger partial charge is 0.353 e. The van der Waals surface area contributed by atoms with Crippen molar-refractivity contribution in [2.24, 2.45) is 7.05 Å². The maximum Gasteiger partial charge on any atom is 0.353 e. The van der Waals surface area contributed by atoms with Gasteiger partial charge in [0.15, 0.2) is 0 Å². The molecule has 1 aromatic rings. The van der Waals surface area contributed by atoms with E-state index in [9.17, 15) is 10.1 Å². The zero-order valence-electron chi connectivity index (χ0n) is 10.1. The number of hydrogen-bond acceptors (Lipinski definition) is 5. The molecular formula is C10H16N4O3. The van der Waals surface area contributed by atoms with Crippen molar-refractivity contribution in [3.05, 3.63) is 15.8 Å². The zero-order valence-corrected chi connectivity index (χ0v) is 10.1. The summed E-state index contributed by atoms with van der Waals surface area (Å²) < 4.78 is 7.05. The first-order valence-electron chi connectivity index (χ1n) is 5.59. The fourth-order valence-corrected chi connectivity index (χ4v) is 1.71. The standard InChI is InChI=1S/C10H16N4O3/c1-6(2)8-9(14(15)16)10(13(3)12-8)17-7-4-11-5-7/h6-7,11H,4-5H2,1-3H3. The third-order valence-corrected chi connectivity index (χ3v) is 2.75. The minimum absolute atomic E-state index is 0.00142. The lowest BCUT2D eigenvalue weighted by Gasteiger charge is -2.27. The van der Waals surface area contributed by atoms with Crippen molar-refractivity contribution in [3.63, 3.8) is 0 Å². The van der Waals surface area contributed by atoms with Crippen molar-refractivity contribution in [3.8, 4) is 5.88 Å². The van der Waals surface area contributed by atoms with Crippen LogP contribution in [0.1, 0.15) is 25.5 Å². The Balaban J connectivity index is 2.37. The van der Waals surface area contributed by atoms with Crippen molar-refractivity contribution in [2.45, 2.75) is 25.9 Å². The van der Waals surface area contributed by atoms with Crippen molar-refractivity contribution >= 4 is 5.69 Å². The first-order chi connectivity index (χ1) is 8.00. The number of nitrogens with one attached hydrogen (secondary N) is 1. The third-order valence-electron chi connectivity index (χ3n) is 2.75. The highest BCUT2D eigenvalue weighted by Gasteiger charge is 2.32. The summed E-state index contributed by atoms with van der Waals surface area (Å²) in [6.45, 7) is 5.20. The molecule has 94 valence electrons. The van der Waals surface area contributed by atoms with Gasteiger partial charge in [-0.05, 0) is 0 Å². The summed E-state index contributed by atoms with van der Waals surface area (Å²) in [6, 6.07) is 0. The normalized spacial score (nSPS) is 16.0. The van der Waals surface area contributed by atoms with Crippen LogP contribution in [0.4, 0.5) is 5.69 Å². The summed E-state index contributed by atoms with van der Waals surface area (Å²) in [6.07, 6.45) is 0.00381. The molecule has 1 fully saturated rings. The van der Waals surface area contributed by atoms with Gasteiger partial charge in [0.25, 0.3) is 5.88 Å². The van der Waals surface area contributed by atoms with E-state index in [4.69, 9.17) is 4.74 Å². The summed E-state index contributed by atoms with van der Waals surface area (Å²) in [5.41, 5.74) is 0.467. The number of ether oxygens (including phenoxy) is 1. The molecule has 0 atom stereocenters. The quantitative estimate of drug-likeness (QED) is 0.622. The van der Waals surface area contributed by atoms with E-state index in [2.05, 4.69) is 10.4 Å². The molecule has 0 aliphatic carbocycles. The Kier molecular flexibility index (Phi) is 3.01. The molecule has 2 rings (SSSR count). The van der Waals surface area contributed by atoms with Gasteiger partial charge in [0.1, 0.15) is 11.8 Å². The number of aryl methyl sites for hydroxylation is 1. The second-order valence-corrected chi connectivity index (χ2v) is 4.47. The summed E-state index contributed by atoms with van der Waals surface area (Å²) in [4.78, 5) is 10.7. The minimum atomic E-state index is -0.413. The van der Waals surface area contributed by atoms with Gasteiger partial charge in [-0.1, -0.05) is 13.8 Å². The Bertz CT molecular complexity index is 437. The molecule has 1 aromatic heterocycles. The zero-order chi connectivity index (χ0) is 12.6. The van der Waals surface area contributed by atoms with E-state index in [1.165, 1.54) is 4.68 Å².